The number of hydrogen-bond donors (Lipinski definition) is 0. The molecule has 0 saturated heterocycles. The van der Waals surface area contributed by atoms with E-state index in [1.165, 1.54) is 0 Å². The minimum absolute atomic E-state index is 0.223. The van der Waals surface area contributed by atoms with E-state index in [-0.39, 0.29) is 6.02 Å². The average molecular weight is 265 g/mol. The van der Waals surface area contributed by atoms with Crippen LogP contribution < -0.4 is 4.74 Å². The lowest BCUT2D eigenvalue weighted by Crippen LogP contribution is -2.26. The zero-order valence-corrected chi connectivity index (χ0v) is 11.4. The minimum Gasteiger partial charge on any atom is -0.424 e. The molecule has 1 aromatic rings. The molecular formula is C16H15N3O. The molecule has 0 atom stereocenters. The molecular weight excluding hydrogens is 250 g/mol. The summed E-state index contributed by atoms with van der Waals surface area (Å²) in [5, 5.41) is 8.85. The van der Waals surface area contributed by atoms with Crippen LogP contribution in [-0.2, 0) is 0 Å². The predicted octanol–water partition coefficient (Wildman–Crippen LogP) is 3.42. The van der Waals surface area contributed by atoms with E-state index in [1.54, 1.807) is 23.5 Å². The topological polar surface area (TPSA) is 48.6 Å². The third-order valence-corrected chi connectivity index (χ3v) is 2.80. The van der Waals surface area contributed by atoms with E-state index in [1.807, 2.05) is 56.4 Å². The summed E-state index contributed by atoms with van der Waals surface area (Å²) in [5.74, 6) is 0.723. The van der Waals surface area contributed by atoms with Crippen molar-refractivity contribution in [3.63, 3.8) is 0 Å². The molecule has 0 amide bonds. The first-order valence-corrected chi connectivity index (χ1v) is 6.23. The van der Waals surface area contributed by atoms with Crippen LogP contribution in [-0.4, -0.2) is 10.9 Å². The van der Waals surface area contributed by atoms with Gasteiger partial charge in [0.2, 0.25) is 6.19 Å². The SMILES string of the molecule is Cc1cccc(C)c1OC(=NC#N)N1C=CC=CC=C1. The molecule has 20 heavy (non-hydrogen) atoms. The van der Waals surface area contributed by atoms with Crippen LogP contribution in [0.2, 0.25) is 0 Å². The van der Waals surface area contributed by atoms with Gasteiger partial charge < -0.3 is 4.74 Å². The van der Waals surface area contributed by atoms with Gasteiger partial charge in [0.1, 0.15) is 5.75 Å². The molecule has 100 valence electrons. The molecule has 0 bridgehead atoms. The van der Waals surface area contributed by atoms with Crippen LogP contribution in [0.4, 0.5) is 0 Å². The Bertz CT molecular complexity index is 612. The van der Waals surface area contributed by atoms with Crippen molar-refractivity contribution in [2.75, 3.05) is 0 Å². The maximum atomic E-state index is 8.85. The summed E-state index contributed by atoms with van der Waals surface area (Å²) >= 11 is 0. The summed E-state index contributed by atoms with van der Waals surface area (Å²) in [7, 11) is 0. The van der Waals surface area contributed by atoms with E-state index >= 15 is 0 Å². The van der Waals surface area contributed by atoms with Gasteiger partial charge in [0.25, 0.3) is 0 Å². The van der Waals surface area contributed by atoms with Crippen LogP contribution in [0.1, 0.15) is 11.1 Å². The van der Waals surface area contributed by atoms with E-state index in [2.05, 4.69) is 4.99 Å². The number of nitriles is 1. The number of ether oxygens (including phenoxy) is 1. The van der Waals surface area contributed by atoms with Gasteiger partial charge in [0.15, 0.2) is 0 Å². The van der Waals surface area contributed by atoms with Crippen molar-refractivity contribution >= 4 is 6.02 Å². The van der Waals surface area contributed by atoms with Crippen molar-refractivity contribution in [3.8, 4) is 11.9 Å². The number of para-hydroxylation sites is 1. The molecule has 0 unspecified atom stereocenters. The Morgan fingerprint density at radius 3 is 2.25 bits per heavy atom. The normalized spacial score (nSPS) is 14.1. The van der Waals surface area contributed by atoms with Crippen LogP contribution in [0.3, 0.4) is 0 Å². The average Bonchev–Trinajstić information content (AvgIpc) is 2.71. The molecule has 4 nitrogen and oxygen atoms in total. The third-order valence-electron chi connectivity index (χ3n) is 2.80. The molecule has 2 rings (SSSR count). The summed E-state index contributed by atoms with van der Waals surface area (Å²) in [6, 6.07) is 6.11. The lowest BCUT2D eigenvalue weighted by molar-refractivity contribution is 0.464. The van der Waals surface area contributed by atoms with E-state index in [0.717, 1.165) is 16.9 Å². The van der Waals surface area contributed by atoms with Crippen LogP contribution in [0.5, 0.6) is 5.75 Å². The molecule has 0 aliphatic carbocycles. The van der Waals surface area contributed by atoms with E-state index in [9.17, 15) is 0 Å². The summed E-state index contributed by atoms with van der Waals surface area (Å²) in [6.45, 7) is 3.92. The molecule has 0 fully saturated rings. The number of amidine groups is 1. The zero-order valence-electron chi connectivity index (χ0n) is 11.4. The molecule has 0 N–H and O–H groups in total. The zero-order chi connectivity index (χ0) is 14.4. The summed E-state index contributed by atoms with van der Waals surface area (Å²) in [6.07, 6.45) is 12.8. The number of benzene rings is 1. The maximum absolute atomic E-state index is 8.85. The fourth-order valence-electron chi connectivity index (χ4n) is 1.82. The van der Waals surface area contributed by atoms with Gasteiger partial charge in [-0.25, -0.2) is 0 Å². The van der Waals surface area contributed by atoms with E-state index in [4.69, 9.17) is 10.00 Å². The van der Waals surface area contributed by atoms with Gasteiger partial charge in [-0.3, -0.25) is 4.90 Å². The Morgan fingerprint density at radius 2 is 1.70 bits per heavy atom. The fourth-order valence-corrected chi connectivity index (χ4v) is 1.82. The highest BCUT2D eigenvalue weighted by molar-refractivity contribution is 5.80. The first kappa shape index (κ1) is 13.6. The van der Waals surface area contributed by atoms with Crippen molar-refractivity contribution in [1.29, 1.82) is 5.26 Å². The van der Waals surface area contributed by atoms with Crippen LogP contribution in [0, 0.1) is 25.3 Å². The predicted molar refractivity (Wildman–Crippen MR) is 78.9 cm³/mol. The van der Waals surface area contributed by atoms with E-state index < -0.39 is 0 Å². The third kappa shape index (κ3) is 3.15. The Morgan fingerprint density at radius 1 is 1.10 bits per heavy atom. The number of rotatable bonds is 1. The second-order valence-corrected chi connectivity index (χ2v) is 4.29. The number of hydrogen-bond acceptors (Lipinski definition) is 3. The van der Waals surface area contributed by atoms with Crippen molar-refractivity contribution < 1.29 is 4.74 Å². The molecule has 0 aromatic heterocycles. The Kier molecular flexibility index (Phi) is 4.35. The standard InChI is InChI=1S/C16H15N3O/c1-13-8-7-9-14(2)15(13)20-16(18-12-17)19-10-5-3-4-6-11-19/h3-11H,1-2H3. The molecule has 0 spiro atoms. The second kappa shape index (κ2) is 6.39. The van der Waals surface area contributed by atoms with Crippen molar-refractivity contribution in [2.45, 2.75) is 13.8 Å². The molecule has 0 saturated carbocycles. The maximum Gasteiger partial charge on any atom is 0.316 e. The summed E-state index contributed by atoms with van der Waals surface area (Å²) in [4.78, 5) is 5.42. The van der Waals surface area contributed by atoms with Crippen LogP contribution in [0.25, 0.3) is 0 Å². The van der Waals surface area contributed by atoms with Gasteiger partial charge in [-0.15, -0.1) is 4.99 Å². The molecule has 1 aliphatic heterocycles. The lowest BCUT2D eigenvalue weighted by atomic mass is 10.1. The largest absolute Gasteiger partial charge is 0.424 e. The fraction of sp³-hybridized carbons (Fsp3) is 0.125. The number of aryl methyl sites for hydroxylation is 2. The smallest absolute Gasteiger partial charge is 0.316 e. The first-order chi connectivity index (χ1) is 9.72. The monoisotopic (exact) mass is 265 g/mol. The highest BCUT2D eigenvalue weighted by atomic mass is 16.5. The van der Waals surface area contributed by atoms with Crippen molar-refractivity contribution in [3.05, 3.63) is 66.0 Å². The molecule has 1 aliphatic rings. The van der Waals surface area contributed by atoms with Gasteiger partial charge in [-0.05, 0) is 37.1 Å². The van der Waals surface area contributed by atoms with Gasteiger partial charge in [0, 0.05) is 12.4 Å². The van der Waals surface area contributed by atoms with Gasteiger partial charge in [-0.2, -0.15) is 5.26 Å². The number of aliphatic imine (C=N–C) groups is 1. The molecule has 0 radical (unpaired) electrons. The van der Waals surface area contributed by atoms with Crippen molar-refractivity contribution in [1.82, 2.24) is 4.90 Å². The van der Waals surface area contributed by atoms with E-state index in [0.29, 0.717) is 0 Å². The van der Waals surface area contributed by atoms with Gasteiger partial charge in [-0.1, -0.05) is 30.4 Å². The Hall–Kier alpha value is -2.80. The number of allylic oxidation sites excluding steroid dienone is 4. The Balaban J connectivity index is 2.32. The van der Waals surface area contributed by atoms with Crippen LogP contribution >= 0.6 is 0 Å². The highest BCUT2D eigenvalue weighted by Gasteiger charge is 2.13. The lowest BCUT2D eigenvalue weighted by Gasteiger charge is -2.18. The number of nitrogens with zero attached hydrogens (tertiary/aromatic N) is 3. The summed E-state index contributed by atoms with van der Waals surface area (Å²) < 4.78 is 5.83. The van der Waals surface area contributed by atoms with Crippen LogP contribution in [0.15, 0.2) is 59.9 Å². The quantitative estimate of drug-likeness (QED) is 0.444. The first-order valence-electron chi connectivity index (χ1n) is 6.23. The van der Waals surface area contributed by atoms with Gasteiger partial charge in [0.05, 0.1) is 0 Å². The Labute approximate surface area is 118 Å². The minimum atomic E-state index is 0.223. The van der Waals surface area contributed by atoms with Gasteiger partial charge >= 0.3 is 6.02 Å². The molecule has 1 aromatic carbocycles. The molecule has 4 heteroatoms. The summed E-state index contributed by atoms with van der Waals surface area (Å²) in [5.41, 5.74) is 1.99. The highest BCUT2D eigenvalue weighted by Crippen LogP contribution is 2.23. The second-order valence-electron chi connectivity index (χ2n) is 4.29. The molecule has 1 heterocycles. The van der Waals surface area contributed by atoms with Crippen molar-refractivity contribution in [2.24, 2.45) is 4.99 Å².